The van der Waals surface area contributed by atoms with Gasteiger partial charge in [0.25, 0.3) is 5.56 Å². The summed E-state index contributed by atoms with van der Waals surface area (Å²) in [5, 5.41) is 0. The van der Waals surface area contributed by atoms with Crippen LogP contribution in [-0.2, 0) is 22.1 Å². The van der Waals surface area contributed by atoms with Crippen molar-refractivity contribution in [1.29, 1.82) is 0 Å². The number of pyridine rings is 1. The molecule has 1 aromatic heterocycles. The van der Waals surface area contributed by atoms with Crippen LogP contribution in [-0.4, -0.2) is 48.7 Å². The standard InChI is InChI=1S/C19H28F3N3O3/c1-12(2)6-16(18(23)27)25-10-14(15(7-17(25)26)19(20,21)22)4-5-24-8-13(9-24)11-28-3/h7,10,12-13,16H,4-6,8-9,11H2,1-3H3,(H2,23,27). The first kappa shape index (κ1) is 22.4. The summed E-state index contributed by atoms with van der Waals surface area (Å²) in [6, 6.07) is -0.390. The van der Waals surface area contributed by atoms with Crippen molar-refractivity contribution in [3.05, 3.63) is 33.7 Å². The van der Waals surface area contributed by atoms with Crippen LogP contribution in [0, 0.1) is 11.8 Å². The zero-order valence-corrected chi connectivity index (χ0v) is 16.5. The molecule has 1 atom stereocenters. The van der Waals surface area contributed by atoms with E-state index in [0.717, 1.165) is 23.9 Å². The van der Waals surface area contributed by atoms with Crippen LogP contribution in [0.2, 0.25) is 0 Å². The molecule has 0 spiro atoms. The average molecular weight is 403 g/mol. The maximum Gasteiger partial charge on any atom is 0.416 e. The molecule has 6 nitrogen and oxygen atoms in total. The number of hydrogen-bond acceptors (Lipinski definition) is 4. The van der Waals surface area contributed by atoms with Crippen LogP contribution in [0.4, 0.5) is 13.2 Å². The van der Waals surface area contributed by atoms with Crippen molar-refractivity contribution >= 4 is 5.91 Å². The minimum atomic E-state index is -4.64. The van der Waals surface area contributed by atoms with E-state index in [2.05, 4.69) is 0 Å². The van der Waals surface area contributed by atoms with Crippen molar-refractivity contribution in [2.75, 3.05) is 33.4 Å². The van der Waals surface area contributed by atoms with E-state index >= 15 is 0 Å². The van der Waals surface area contributed by atoms with Crippen molar-refractivity contribution in [2.24, 2.45) is 17.6 Å². The molecule has 9 heteroatoms. The molecule has 2 rings (SSSR count). The summed E-state index contributed by atoms with van der Waals surface area (Å²) < 4.78 is 46.5. The van der Waals surface area contributed by atoms with Gasteiger partial charge in [-0.2, -0.15) is 13.2 Å². The summed E-state index contributed by atoms with van der Waals surface area (Å²) in [4.78, 5) is 26.2. The van der Waals surface area contributed by atoms with Crippen LogP contribution in [0.25, 0.3) is 0 Å². The second-order valence-electron chi connectivity index (χ2n) is 7.83. The number of methoxy groups -OCH3 is 1. The Balaban J connectivity index is 2.28. The van der Waals surface area contributed by atoms with Crippen molar-refractivity contribution in [2.45, 2.75) is 38.9 Å². The smallest absolute Gasteiger partial charge is 0.384 e. The number of aromatic nitrogens is 1. The van der Waals surface area contributed by atoms with Crippen LogP contribution in [0.3, 0.4) is 0 Å². The van der Waals surface area contributed by atoms with E-state index in [4.69, 9.17) is 10.5 Å². The molecule has 2 N–H and O–H groups in total. The van der Waals surface area contributed by atoms with Crippen molar-refractivity contribution in [3.8, 4) is 0 Å². The normalized spacial score (nSPS) is 17.0. The number of amides is 1. The second-order valence-corrected chi connectivity index (χ2v) is 7.83. The summed E-state index contributed by atoms with van der Waals surface area (Å²) in [5.74, 6) is -0.285. The molecule has 1 saturated heterocycles. The molecule has 1 aliphatic heterocycles. The lowest BCUT2D eigenvalue weighted by molar-refractivity contribution is -0.138. The van der Waals surface area contributed by atoms with E-state index < -0.39 is 29.2 Å². The van der Waals surface area contributed by atoms with Gasteiger partial charge in [-0.25, -0.2) is 0 Å². The summed E-state index contributed by atoms with van der Waals surface area (Å²) >= 11 is 0. The van der Waals surface area contributed by atoms with Gasteiger partial charge in [0.1, 0.15) is 6.04 Å². The molecular weight excluding hydrogens is 375 g/mol. The van der Waals surface area contributed by atoms with Gasteiger partial charge in [-0.3, -0.25) is 9.59 Å². The molecule has 0 saturated carbocycles. The average Bonchev–Trinajstić information content (AvgIpc) is 2.54. The Morgan fingerprint density at radius 3 is 2.50 bits per heavy atom. The molecule has 0 aromatic carbocycles. The zero-order valence-electron chi connectivity index (χ0n) is 16.5. The van der Waals surface area contributed by atoms with Crippen LogP contribution >= 0.6 is 0 Å². The fourth-order valence-corrected chi connectivity index (χ4v) is 3.59. The fraction of sp³-hybridized carbons (Fsp3) is 0.684. The molecule has 1 amide bonds. The van der Waals surface area contributed by atoms with Crippen LogP contribution in [0.1, 0.15) is 37.4 Å². The summed E-state index contributed by atoms with van der Waals surface area (Å²) in [5.41, 5.74) is 3.59. The molecule has 0 radical (unpaired) electrons. The van der Waals surface area contributed by atoms with Crippen LogP contribution in [0.5, 0.6) is 0 Å². The van der Waals surface area contributed by atoms with E-state index in [1.54, 1.807) is 7.11 Å². The Morgan fingerprint density at radius 2 is 2.00 bits per heavy atom. The van der Waals surface area contributed by atoms with Crippen molar-refractivity contribution in [1.82, 2.24) is 9.47 Å². The molecule has 0 aliphatic carbocycles. The number of alkyl halides is 3. The Hall–Kier alpha value is -1.87. The molecule has 1 fully saturated rings. The number of nitrogens with zero attached hydrogens (tertiary/aromatic N) is 2. The lowest BCUT2D eigenvalue weighted by Crippen LogP contribution is -2.49. The number of rotatable bonds is 9. The Morgan fingerprint density at radius 1 is 1.36 bits per heavy atom. The SMILES string of the molecule is COCC1CN(CCc2cn(C(CC(C)C)C(N)=O)c(=O)cc2C(F)(F)F)C1. The second kappa shape index (κ2) is 9.09. The van der Waals surface area contributed by atoms with Gasteiger partial charge in [0.2, 0.25) is 5.91 Å². The van der Waals surface area contributed by atoms with Crippen LogP contribution < -0.4 is 11.3 Å². The highest BCUT2D eigenvalue weighted by Crippen LogP contribution is 2.32. The molecule has 1 aromatic rings. The first-order valence-corrected chi connectivity index (χ1v) is 9.35. The van der Waals surface area contributed by atoms with Crippen molar-refractivity contribution in [3.63, 3.8) is 0 Å². The number of primary amides is 1. The van der Waals surface area contributed by atoms with Gasteiger partial charge in [-0.15, -0.1) is 0 Å². The minimum absolute atomic E-state index is 0.00250. The topological polar surface area (TPSA) is 77.6 Å². The highest BCUT2D eigenvalue weighted by molar-refractivity contribution is 5.78. The number of hydrogen-bond donors (Lipinski definition) is 1. The highest BCUT2D eigenvalue weighted by Gasteiger charge is 2.35. The zero-order chi connectivity index (χ0) is 21.1. The van der Waals surface area contributed by atoms with Gasteiger partial charge in [0.15, 0.2) is 0 Å². The van der Waals surface area contributed by atoms with Gasteiger partial charge < -0.3 is 19.9 Å². The minimum Gasteiger partial charge on any atom is -0.384 e. The fourth-order valence-electron chi connectivity index (χ4n) is 3.59. The van der Waals surface area contributed by atoms with E-state index in [-0.39, 0.29) is 24.3 Å². The highest BCUT2D eigenvalue weighted by atomic mass is 19.4. The molecule has 1 aliphatic rings. The Kier molecular flexibility index (Phi) is 7.28. The number of nitrogens with two attached hydrogens (primary N) is 1. The summed E-state index contributed by atoms with van der Waals surface area (Å²) in [7, 11) is 1.62. The third kappa shape index (κ3) is 5.57. The molecule has 2 heterocycles. The molecular formula is C19H28F3N3O3. The summed E-state index contributed by atoms with van der Waals surface area (Å²) in [6.07, 6.45) is -3.07. The third-order valence-corrected chi connectivity index (χ3v) is 4.96. The monoisotopic (exact) mass is 403 g/mol. The molecule has 28 heavy (non-hydrogen) atoms. The van der Waals surface area contributed by atoms with Gasteiger partial charge in [-0.1, -0.05) is 13.8 Å². The van der Waals surface area contributed by atoms with Gasteiger partial charge in [0.05, 0.1) is 12.2 Å². The van der Waals surface area contributed by atoms with Crippen LogP contribution in [0.15, 0.2) is 17.1 Å². The lowest BCUT2D eigenvalue weighted by Gasteiger charge is -2.39. The predicted octanol–water partition coefficient (Wildman–Crippen LogP) is 2.06. The van der Waals surface area contributed by atoms with Crippen molar-refractivity contribution < 1.29 is 22.7 Å². The van der Waals surface area contributed by atoms with E-state index in [1.807, 2.05) is 18.7 Å². The number of halogens is 3. The number of carbonyl (C=O) groups is 1. The first-order valence-electron chi connectivity index (χ1n) is 9.35. The van der Waals surface area contributed by atoms with E-state index in [9.17, 15) is 22.8 Å². The molecule has 0 bridgehead atoms. The maximum atomic E-state index is 13.4. The lowest BCUT2D eigenvalue weighted by atomic mass is 9.99. The maximum absolute atomic E-state index is 13.4. The number of carbonyl (C=O) groups excluding carboxylic acids is 1. The largest absolute Gasteiger partial charge is 0.416 e. The first-order chi connectivity index (χ1) is 13.0. The molecule has 1 unspecified atom stereocenters. The number of likely N-dealkylation sites (tertiary alicyclic amines) is 1. The third-order valence-electron chi connectivity index (χ3n) is 4.96. The van der Waals surface area contributed by atoms with E-state index in [0.29, 0.717) is 25.1 Å². The Bertz CT molecular complexity index is 740. The van der Waals surface area contributed by atoms with Gasteiger partial charge in [0, 0.05) is 44.9 Å². The van der Waals surface area contributed by atoms with Gasteiger partial charge in [-0.05, 0) is 24.3 Å². The summed E-state index contributed by atoms with van der Waals surface area (Å²) in [6.45, 7) is 6.31. The Labute approximate surface area is 162 Å². The quantitative estimate of drug-likeness (QED) is 0.685. The number of ether oxygens (including phenoxy) is 1. The molecule has 158 valence electrons. The van der Waals surface area contributed by atoms with E-state index in [1.165, 1.54) is 0 Å². The van der Waals surface area contributed by atoms with Gasteiger partial charge >= 0.3 is 6.18 Å². The predicted molar refractivity (Wildman–Crippen MR) is 98.9 cm³/mol.